The first-order valence-corrected chi connectivity index (χ1v) is 8.39. The first-order valence-electron chi connectivity index (χ1n) is 8.01. The highest BCUT2D eigenvalue weighted by Crippen LogP contribution is 2.30. The largest absolute Gasteiger partial charge is 0.464 e. The average Bonchev–Trinajstić information content (AvgIpc) is 2.78. The first kappa shape index (κ1) is 18.5. The third kappa shape index (κ3) is 3.65. The summed E-state index contributed by atoms with van der Waals surface area (Å²) in [6.07, 6.45) is 0. The van der Waals surface area contributed by atoms with Gasteiger partial charge in [0.2, 0.25) is 6.04 Å². The van der Waals surface area contributed by atoms with Gasteiger partial charge in [0.25, 0.3) is 11.6 Å². The summed E-state index contributed by atoms with van der Waals surface area (Å²) in [5.74, 6) is -1.51. The fourth-order valence-corrected chi connectivity index (χ4v) is 2.88. The molecular formula is C18H14ClN3O5. The minimum atomic E-state index is -1.46. The second-order valence-electron chi connectivity index (χ2n) is 5.59. The number of fused-ring (bicyclic) bond motifs is 1. The monoisotopic (exact) mass is 387 g/mol. The van der Waals surface area contributed by atoms with Gasteiger partial charge in [0.1, 0.15) is 0 Å². The maximum Gasteiger partial charge on any atom is 0.340 e. The van der Waals surface area contributed by atoms with Crippen LogP contribution in [0.1, 0.15) is 18.1 Å². The van der Waals surface area contributed by atoms with Crippen LogP contribution in [0.25, 0.3) is 0 Å². The molecule has 1 unspecified atom stereocenters. The van der Waals surface area contributed by atoms with Crippen LogP contribution >= 0.6 is 11.6 Å². The zero-order valence-corrected chi connectivity index (χ0v) is 14.9. The molecule has 27 heavy (non-hydrogen) atoms. The number of rotatable bonds is 4. The van der Waals surface area contributed by atoms with Gasteiger partial charge < -0.3 is 10.1 Å². The summed E-state index contributed by atoms with van der Waals surface area (Å²) in [6.45, 7) is 1.70. The zero-order chi connectivity index (χ0) is 19.6. The maximum absolute atomic E-state index is 12.5. The molecule has 1 N–H and O–H groups in total. The molecule has 0 bridgehead atoms. The van der Waals surface area contributed by atoms with Gasteiger partial charge in [-0.3, -0.25) is 19.9 Å². The number of nitro groups is 1. The molecule has 1 aliphatic heterocycles. The molecule has 2 aromatic carbocycles. The molecule has 138 valence electrons. The number of benzodiazepines with no additional fused rings is 1. The predicted molar refractivity (Wildman–Crippen MR) is 99.2 cm³/mol. The molecular weight excluding hydrogens is 374 g/mol. The summed E-state index contributed by atoms with van der Waals surface area (Å²) >= 11 is 6.27. The van der Waals surface area contributed by atoms with E-state index in [-0.39, 0.29) is 29.3 Å². The minimum absolute atomic E-state index is 0.0813. The molecule has 0 fully saturated rings. The molecule has 1 atom stereocenters. The number of benzene rings is 2. The molecule has 1 amide bonds. The Morgan fingerprint density at radius 3 is 2.70 bits per heavy atom. The van der Waals surface area contributed by atoms with E-state index in [1.807, 2.05) is 0 Å². The standard InChI is InChI=1S/C18H14ClN3O5/c1-2-27-18(24)16-17(23)20-14-8-7-10(22(25)26)9-12(14)15(21-16)11-5-3-4-6-13(11)19/h3-9,16H,2H2,1H3,(H,20,23). The van der Waals surface area contributed by atoms with Crippen LogP contribution in [0, 0.1) is 10.1 Å². The summed E-state index contributed by atoms with van der Waals surface area (Å²) in [6, 6.07) is 9.18. The molecule has 9 heteroatoms. The number of nitrogens with zero attached hydrogens (tertiary/aromatic N) is 2. The van der Waals surface area contributed by atoms with Crippen molar-refractivity contribution < 1.29 is 19.2 Å². The van der Waals surface area contributed by atoms with E-state index in [0.29, 0.717) is 10.6 Å². The van der Waals surface area contributed by atoms with Gasteiger partial charge in [-0.1, -0.05) is 29.8 Å². The van der Waals surface area contributed by atoms with Gasteiger partial charge in [0, 0.05) is 28.3 Å². The van der Waals surface area contributed by atoms with Crippen molar-refractivity contribution in [2.24, 2.45) is 4.99 Å². The molecule has 0 aromatic heterocycles. The van der Waals surface area contributed by atoms with Crippen LogP contribution < -0.4 is 5.32 Å². The quantitative estimate of drug-likeness (QED) is 0.375. The fourth-order valence-electron chi connectivity index (χ4n) is 2.66. The number of halogens is 1. The van der Waals surface area contributed by atoms with Crippen molar-refractivity contribution in [1.82, 2.24) is 0 Å². The number of anilines is 1. The van der Waals surface area contributed by atoms with Crippen molar-refractivity contribution in [1.29, 1.82) is 0 Å². The van der Waals surface area contributed by atoms with Crippen LogP contribution in [0.15, 0.2) is 47.5 Å². The zero-order valence-electron chi connectivity index (χ0n) is 14.1. The lowest BCUT2D eigenvalue weighted by atomic mass is 10.00. The van der Waals surface area contributed by atoms with Crippen molar-refractivity contribution in [3.63, 3.8) is 0 Å². The van der Waals surface area contributed by atoms with Crippen LogP contribution in [-0.2, 0) is 14.3 Å². The molecule has 0 spiro atoms. The molecule has 2 aromatic rings. The van der Waals surface area contributed by atoms with Crippen molar-refractivity contribution in [3.05, 3.63) is 68.7 Å². The van der Waals surface area contributed by atoms with Crippen LogP contribution in [0.5, 0.6) is 0 Å². The topological polar surface area (TPSA) is 111 Å². The number of aliphatic imine (C=N–C) groups is 1. The van der Waals surface area contributed by atoms with Gasteiger partial charge in [-0.2, -0.15) is 0 Å². The third-order valence-corrected chi connectivity index (χ3v) is 4.20. The number of nitrogens with one attached hydrogen (secondary N) is 1. The van der Waals surface area contributed by atoms with E-state index in [1.54, 1.807) is 31.2 Å². The predicted octanol–water partition coefficient (Wildman–Crippen LogP) is 2.97. The lowest BCUT2D eigenvalue weighted by molar-refractivity contribution is -0.384. The van der Waals surface area contributed by atoms with Crippen LogP contribution in [0.4, 0.5) is 11.4 Å². The Labute approximate surface area is 159 Å². The molecule has 8 nitrogen and oxygen atoms in total. The van der Waals surface area contributed by atoms with Crippen molar-refractivity contribution in [2.75, 3.05) is 11.9 Å². The number of ether oxygens (including phenoxy) is 1. The Hall–Kier alpha value is -3.26. The number of esters is 1. The Morgan fingerprint density at radius 2 is 2.04 bits per heavy atom. The van der Waals surface area contributed by atoms with Gasteiger partial charge >= 0.3 is 5.97 Å². The van der Waals surface area contributed by atoms with Crippen molar-refractivity contribution in [3.8, 4) is 0 Å². The molecule has 0 saturated heterocycles. The minimum Gasteiger partial charge on any atom is -0.464 e. The molecule has 0 radical (unpaired) electrons. The van der Waals surface area contributed by atoms with Crippen LogP contribution in [0.3, 0.4) is 0 Å². The Morgan fingerprint density at radius 1 is 1.30 bits per heavy atom. The number of hydrogen-bond donors (Lipinski definition) is 1. The number of nitro benzene ring substituents is 1. The number of non-ortho nitro benzene ring substituents is 1. The number of hydrogen-bond acceptors (Lipinski definition) is 6. The van der Waals surface area contributed by atoms with E-state index in [0.717, 1.165) is 0 Å². The lowest BCUT2D eigenvalue weighted by Crippen LogP contribution is -2.34. The van der Waals surface area contributed by atoms with Crippen molar-refractivity contribution >= 4 is 40.6 Å². The van der Waals surface area contributed by atoms with Crippen molar-refractivity contribution in [2.45, 2.75) is 13.0 Å². The molecule has 3 rings (SSSR count). The summed E-state index contributed by atoms with van der Waals surface area (Å²) < 4.78 is 4.93. The Balaban J connectivity index is 2.25. The summed E-state index contributed by atoms with van der Waals surface area (Å²) in [4.78, 5) is 39.6. The molecule has 1 heterocycles. The smallest absolute Gasteiger partial charge is 0.340 e. The average molecular weight is 388 g/mol. The van der Waals surface area contributed by atoms with Gasteiger partial charge in [-0.05, 0) is 19.1 Å². The number of carbonyl (C=O) groups is 2. The number of carbonyl (C=O) groups excluding carboxylic acids is 2. The van der Waals surface area contributed by atoms with E-state index < -0.39 is 22.8 Å². The summed E-state index contributed by atoms with van der Waals surface area (Å²) in [7, 11) is 0. The van der Waals surface area contributed by atoms with Gasteiger partial charge in [0.15, 0.2) is 0 Å². The summed E-state index contributed by atoms with van der Waals surface area (Å²) in [5.41, 5.74) is 1.02. The second-order valence-corrected chi connectivity index (χ2v) is 6.00. The van der Waals surface area contributed by atoms with E-state index in [4.69, 9.17) is 16.3 Å². The molecule has 0 saturated carbocycles. The summed E-state index contributed by atoms with van der Waals surface area (Å²) in [5, 5.41) is 14.1. The fraction of sp³-hybridized carbons (Fsp3) is 0.167. The second kappa shape index (κ2) is 7.55. The Bertz CT molecular complexity index is 973. The van der Waals surface area contributed by atoms with Gasteiger partial charge in [-0.25, -0.2) is 4.79 Å². The van der Waals surface area contributed by atoms with E-state index in [1.165, 1.54) is 18.2 Å². The number of amides is 1. The van der Waals surface area contributed by atoms with Gasteiger partial charge in [0.05, 0.1) is 22.9 Å². The van der Waals surface area contributed by atoms with E-state index in [2.05, 4.69) is 10.3 Å². The van der Waals surface area contributed by atoms with E-state index >= 15 is 0 Å². The highest BCUT2D eigenvalue weighted by atomic mass is 35.5. The Kier molecular flexibility index (Phi) is 5.18. The van der Waals surface area contributed by atoms with E-state index in [9.17, 15) is 19.7 Å². The highest BCUT2D eigenvalue weighted by Gasteiger charge is 2.33. The maximum atomic E-state index is 12.5. The highest BCUT2D eigenvalue weighted by molar-refractivity contribution is 6.36. The third-order valence-electron chi connectivity index (χ3n) is 3.87. The normalized spacial score (nSPS) is 15.9. The van der Waals surface area contributed by atoms with Crippen LogP contribution in [-0.4, -0.2) is 35.2 Å². The first-order chi connectivity index (χ1) is 12.9. The molecule has 1 aliphatic rings. The lowest BCUT2D eigenvalue weighted by Gasteiger charge is -2.11. The SMILES string of the molecule is CCOC(=O)C1N=C(c2ccccc2Cl)c2cc([N+](=O)[O-])ccc2NC1=O. The van der Waals surface area contributed by atoms with Gasteiger partial charge in [-0.15, -0.1) is 0 Å². The molecule has 0 aliphatic carbocycles. The van der Waals surface area contributed by atoms with Crippen LogP contribution in [0.2, 0.25) is 5.02 Å².